The number of benzene rings is 1. The van der Waals surface area contributed by atoms with Gasteiger partial charge in [-0.3, -0.25) is 0 Å². The van der Waals surface area contributed by atoms with Gasteiger partial charge in [0.25, 0.3) is 0 Å². The van der Waals surface area contributed by atoms with Crippen molar-refractivity contribution in [3.8, 4) is 0 Å². The molecule has 2 N–H and O–H groups in total. The molecule has 0 saturated heterocycles. The van der Waals surface area contributed by atoms with Gasteiger partial charge in [0.2, 0.25) is 0 Å². The maximum atomic E-state index is 9.33. The Bertz CT molecular complexity index is 349. The van der Waals surface area contributed by atoms with Crippen LogP contribution in [0.3, 0.4) is 0 Å². The Morgan fingerprint density at radius 2 is 1.83 bits per heavy atom. The smallest absolute Gasteiger partial charge is 0.0515 e. The van der Waals surface area contributed by atoms with E-state index in [0.29, 0.717) is 12.0 Å². The highest BCUT2D eigenvalue weighted by Gasteiger charge is 2.09. The lowest BCUT2D eigenvalue weighted by molar-refractivity contribution is 0.162. The van der Waals surface area contributed by atoms with Crippen molar-refractivity contribution in [2.24, 2.45) is 5.92 Å². The molecule has 0 amide bonds. The van der Waals surface area contributed by atoms with E-state index in [1.165, 1.54) is 11.1 Å². The third kappa shape index (κ3) is 5.65. The first kappa shape index (κ1) is 15.2. The van der Waals surface area contributed by atoms with Gasteiger partial charge in [0.05, 0.1) is 6.10 Å². The van der Waals surface area contributed by atoms with Crippen LogP contribution in [0.15, 0.2) is 24.3 Å². The van der Waals surface area contributed by atoms with Gasteiger partial charge in [-0.1, -0.05) is 31.2 Å². The third-order valence-electron chi connectivity index (χ3n) is 3.35. The summed E-state index contributed by atoms with van der Waals surface area (Å²) in [5.41, 5.74) is 2.78. The van der Waals surface area contributed by atoms with E-state index in [9.17, 15) is 5.11 Å². The summed E-state index contributed by atoms with van der Waals surface area (Å²) in [7, 11) is 0. The van der Waals surface area contributed by atoms with Crippen molar-refractivity contribution in [1.82, 2.24) is 5.32 Å². The molecular weight excluding hydrogens is 222 g/mol. The molecular formula is C16H27NO. The Morgan fingerprint density at radius 1 is 1.17 bits per heavy atom. The van der Waals surface area contributed by atoms with E-state index in [1.54, 1.807) is 0 Å². The van der Waals surface area contributed by atoms with Crippen LogP contribution in [0.25, 0.3) is 0 Å². The highest BCUT2D eigenvalue weighted by molar-refractivity contribution is 5.26. The van der Waals surface area contributed by atoms with Crippen molar-refractivity contribution in [2.75, 3.05) is 6.54 Å². The molecule has 1 aromatic carbocycles. The molecule has 0 aliphatic rings. The molecule has 2 nitrogen and oxygen atoms in total. The second-order valence-electron chi connectivity index (χ2n) is 5.63. The lowest BCUT2D eigenvalue weighted by Gasteiger charge is -2.19. The molecule has 0 bridgehead atoms. The van der Waals surface area contributed by atoms with Crippen molar-refractivity contribution in [3.63, 3.8) is 0 Å². The first-order valence-electron chi connectivity index (χ1n) is 6.95. The Kier molecular flexibility index (Phi) is 6.37. The van der Waals surface area contributed by atoms with Crippen LogP contribution in [0.1, 0.15) is 38.3 Å². The summed E-state index contributed by atoms with van der Waals surface area (Å²) in [5.74, 6) is 0.518. The zero-order valence-electron chi connectivity index (χ0n) is 12.1. The number of nitrogens with one attached hydrogen (secondary N) is 1. The molecule has 1 aromatic rings. The van der Waals surface area contributed by atoms with Gasteiger partial charge in [-0.15, -0.1) is 0 Å². The maximum absolute atomic E-state index is 9.33. The third-order valence-corrected chi connectivity index (χ3v) is 3.35. The van der Waals surface area contributed by atoms with Gasteiger partial charge in [0.1, 0.15) is 0 Å². The van der Waals surface area contributed by atoms with Crippen molar-refractivity contribution in [3.05, 3.63) is 35.4 Å². The van der Waals surface area contributed by atoms with Gasteiger partial charge in [0.15, 0.2) is 0 Å². The zero-order chi connectivity index (χ0) is 13.5. The fourth-order valence-electron chi connectivity index (χ4n) is 2.31. The van der Waals surface area contributed by atoms with Crippen molar-refractivity contribution >= 4 is 0 Å². The number of hydrogen-bond donors (Lipinski definition) is 2. The Hall–Kier alpha value is -0.860. The summed E-state index contributed by atoms with van der Waals surface area (Å²) >= 11 is 0. The summed E-state index contributed by atoms with van der Waals surface area (Å²) in [5, 5.41) is 12.9. The molecule has 0 radical (unpaired) electrons. The van der Waals surface area contributed by atoms with Crippen LogP contribution in [-0.4, -0.2) is 23.8 Å². The van der Waals surface area contributed by atoms with Crippen LogP contribution in [0.4, 0.5) is 0 Å². The minimum Gasteiger partial charge on any atom is -0.393 e. The van der Waals surface area contributed by atoms with E-state index in [1.807, 2.05) is 6.92 Å². The number of aryl methyl sites for hydroxylation is 1. The predicted molar refractivity (Wildman–Crippen MR) is 77.8 cm³/mol. The predicted octanol–water partition coefficient (Wildman–Crippen LogP) is 2.92. The fraction of sp³-hybridized carbons (Fsp3) is 0.625. The van der Waals surface area contributed by atoms with E-state index in [-0.39, 0.29) is 6.10 Å². The number of aliphatic hydroxyl groups excluding tert-OH is 1. The van der Waals surface area contributed by atoms with Crippen LogP contribution in [-0.2, 0) is 6.42 Å². The second kappa shape index (κ2) is 7.55. The van der Waals surface area contributed by atoms with E-state index < -0.39 is 0 Å². The van der Waals surface area contributed by atoms with Crippen LogP contribution in [0, 0.1) is 12.8 Å². The minimum absolute atomic E-state index is 0.200. The Balaban J connectivity index is 2.34. The minimum atomic E-state index is -0.200. The summed E-state index contributed by atoms with van der Waals surface area (Å²) in [6, 6.07) is 9.03. The standard InChI is InChI=1S/C16H27NO/c1-12(9-15(4)18)11-17-14(3)10-16-8-6-5-7-13(16)2/h5-8,12,14-15,17-18H,9-11H2,1-4H3. The molecule has 102 valence electrons. The fourth-order valence-corrected chi connectivity index (χ4v) is 2.31. The van der Waals surface area contributed by atoms with Crippen LogP contribution < -0.4 is 5.32 Å². The Morgan fingerprint density at radius 3 is 2.44 bits per heavy atom. The first-order valence-corrected chi connectivity index (χ1v) is 6.95. The largest absolute Gasteiger partial charge is 0.393 e. The molecule has 18 heavy (non-hydrogen) atoms. The van der Waals surface area contributed by atoms with Crippen molar-refractivity contribution in [1.29, 1.82) is 0 Å². The van der Waals surface area contributed by atoms with Crippen LogP contribution in [0.5, 0.6) is 0 Å². The normalized spacial score (nSPS) is 16.3. The van der Waals surface area contributed by atoms with E-state index >= 15 is 0 Å². The maximum Gasteiger partial charge on any atom is 0.0515 e. The monoisotopic (exact) mass is 249 g/mol. The molecule has 3 atom stereocenters. The lowest BCUT2D eigenvalue weighted by Crippen LogP contribution is -2.33. The molecule has 0 aliphatic heterocycles. The van der Waals surface area contributed by atoms with Gasteiger partial charge in [-0.05, 0) is 57.2 Å². The molecule has 0 fully saturated rings. The number of aliphatic hydroxyl groups is 1. The molecule has 0 aromatic heterocycles. The number of rotatable bonds is 7. The topological polar surface area (TPSA) is 32.3 Å². The average molecular weight is 249 g/mol. The van der Waals surface area contributed by atoms with Gasteiger partial charge in [0, 0.05) is 6.04 Å². The van der Waals surface area contributed by atoms with Gasteiger partial charge in [-0.25, -0.2) is 0 Å². The van der Waals surface area contributed by atoms with E-state index in [2.05, 4.69) is 50.4 Å². The summed E-state index contributed by atoms with van der Waals surface area (Å²) in [4.78, 5) is 0. The molecule has 2 heteroatoms. The van der Waals surface area contributed by atoms with Crippen LogP contribution in [0.2, 0.25) is 0 Å². The lowest BCUT2D eigenvalue weighted by atomic mass is 10.0. The molecule has 0 saturated carbocycles. The van der Waals surface area contributed by atoms with Crippen LogP contribution >= 0.6 is 0 Å². The first-order chi connectivity index (χ1) is 8.49. The summed E-state index contributed by atoms with van der Waals surface area (Å²) < 4.78 is 0. The molecule has 0 heterocycles. The summed E-state index contributed by atoms with van der Waals surface area (Å²) in [6.45, 7) is 9.39. The quantitative estimate of drug-likeness (QED) is 0.779. The summed E-state index contributed by atoms with van der Waals surface area (Å²) in [6.07, 6.45) is 1.73. The number of hydrogen-bond acceptors (Lipinski definition) is 2. The molecule has 0 aliphatic carbocycles. The van der Waals surface area contributed by atoms with Crippen molar-refractivity contribution in [2.45, 2.75) is 52.7 Å². The highest BCUT2D eigenvalue weighted by atomic mass is 16.3. The Labute approximate surface area is 111 Å². The van der Waals surface area contributed by atoms with E-state index in [0.717, 1.165) is 19.4 Å². The zero-order valence-corrected chi connectivity index (χ0v) is 12.1. The molecule has 3 unspecified atom stereocenters. The molecule has 1 rings (SSSR count). The highest BCUT2D eigenvalue weighted by Crippen LogP contribution is 2.10. The van der Waals surface area contributed by atoms with E-state index in [4.69, 9.17) is 0 Å². The van der Waals surface area contributed by atoms with Gasteiger partial charge < -0.3 is 10.4 Å². The van der Waals surface area contributed by atoms with Gasteiger partial charge in [-0.2, -0.15) is 0 Å². The molecule has 0 spiro atoms. The second-order valence-corrected chi connectivity index (χ2v) is 5.63. The van der Waals surface area contributed by atoms with Crippen molar-refractivity contribution < 1.29 is 5.11 Å². The van der Waals surface area contributed by atoms with Gasteiger partial charge >= 0.3 is 0 Å². The average Bonchev–Trinajstić information content (AvgIpc) is 2.29. The SMILES string of the molecule is Cc1ccccc1CC(C)NCC(C)CC(C)O.